The fourth-order valence-corrected chi connectivity index (χ4v) is 4.58. The minimum atomic E-state index is -3.25. The lowest BCUT2D eigenvalue weighted by molar-refractivity contribution is -0.0488. The molecule has 1 atom stereocenters. The van der Waals surface area contributed by atoms with Gasteiger partial charge in [0.25, 0.3) is 0 Å². The Bertz CT molecular complexity index is 1120. The Morgan fingerprint density at radius 3 is 2.57 bits per heavy atom. The summed E-state index contributed by atoms with van der Waals surface area (Å²) in [5, 5.41) is 9.09. The first-order valence-electron chi connectivity index (χ1n) is 9.82. The maximum absolute atomic E-state index is 15.2. The number of carbonyl (C=O) groups is 1. The molecule has 1 aromatic carbocycles. The molecule has 2 aromatic rings. The summed E-state index contributed by atoms with van der Waals surface area (Å²) in [5.41, 5.74) is 4.43. The molecule has 1 spiro atoms. The van der Waals surface area contributed by atoms with E-state index in [2.05, 4.69) is 0 Å². The number of benzene rings is 1. The zero-order chi connectivity index (χ0) is 21.4. The standard InChI is InChI=1S/C20H20F3N3O4/c21-12-5-10-14(26(9-1-2-9)6-11(16(10)27)18(28)29)17(30-19(22)23)15(12)25-7-13(24)20(8-25)3-4-20/h5-6,9,13,19H,1-4,7-8,24H2,(H,28,29)/t13-/m0/s1. The highest BCUT2D eigenvalue weighted by atomic mass is 19.3. The molecule has 30 heavy (non-hydrogen) atoms. The predicted molar refractivity (Wildman–Crippen MR) is 102 cm³/mol. The van der Waals surface area contributed by atoms with E-state index in [1.54, 1.807) is 4.90 Å². The van der Waals surface area contributed by atoms with Gasteiger partial charge in [-0.25, -0.2) is 9.18 Å². The van der Waals surface area contributed by atoms with Crippen molar-refractivity contribution >= 4 is 22.6 Å². The smallest absolute Gasteiger partial charge is 0.387 e. The van der Waals surface area contributed by atoms with E-state index >= 15 is 4.39 Å². The number of hydrogen-bond donors (Lipinski definition) is 2. The highest BCUT2D eigenvalue weighted by Gasteiger charge is 2.54. The number of fused-ring (bicyclic) bond motifs is 1. The lowest BCUT2D eigenvalue weighted by Crippen LogP contribution is -2.30. The van der Waals surface area contributed by atoms with Crippen molar-refractivity contribution < 1.29 is 27.8 Å². The van der Waals surface area contributed by atoms with Crippen molar-refractivity contribution in [1.82, 2.24) is 4.57 Å². The number of hydrogen-bond acceptors (Lipinski definition) is 5. The van der Waals surface area contributed by atoms with E-state index < -0.39 is 35.1 Å². The monoisotopic (exact) mass is 423 g/mol. The summed E-state index contributed by atoms with van der Waals surface area (Å²) < 4.78 is 48.2. The first-order chi connectivity index (χ1) is 14.2. The van der Waals surface area contributed by atoms with E-state index in [1.807, 2.05) is 0 Å². The average molecular weight is 423 g/mol. The Hall–Kier alpha value is -2.75. The molecule has 0 bridgehead atoms. The van der Waals surface area contributed by atoms with Crippen LogP contribution < -0.4 is 20.8 Å². The maximum Gasteiger partial charge on any atom is 0.387 e. The third-order valence-electron chi connectivity index (χ3n) is 6.49. The zero-order valence-electron chi connectivity index (χ0n) is 15.9. The van der Waals surface area contributed by atoms with Crippen molar-refractivity contribution in [2.45, 2.75) is 44.4 Å². The largest absolute Gasteiger partial charge is 0.477 e. The van der Waals surface area contributed by atoms with Crippen LogP contribution in [0.15, 0.2) is 17.1 Å². The van der Waals surface area contributed by atoms with E-state index in [1.165, 1.54) is 4.57 Å². The van der Waals surface area contributed by atoms with Gasteiger partial charge in [-0.05, 0) is 31.7 Å². The van der Waals surface area contributed by atoms with Crippen LogP contribution in [0.2, 0.25) is 0 Å². The summed E-state index contributed by atoms with van der Waals surface area (Å²) in [7, 11) is 0. The average Bonchev–Trinajstić information content (AvgIpc) is 3.55. The summed E-state index contributed by atoms with van der Waals surface area (Å²) in [4.78, 5) is 25.8. The molecule has 0 unspecified atom stereocenters. The quantitative estimate of drug-likeness (QED) is 0.768. The van der Waals surface area contributed by atoms with Crippen LogP contribution >= 0.6 is 0 Å². The van der Waals surface area contributed by atoms with Crippen LogP contribution in [-0.2, 0) is 0 Å². The number of ether oxygens (including phenoxy) is 1. The molecule has 3 N–H and O–H groups in total. The van der Waals surface area contributed by atoms with Crippen molar-refractivity contribution in [2.75, 3.05) is 18.0 Å². The Morgan fingerprint density at radius 2 is 2.03 bits per heavy atom. The lowest BCUT2D eigenvalue weighted by Gasteiger charge is -2.25. The molecular formula is C20H20F3N3O4. The number of pyridine rings is 1. The SMILES string of the molecule is N[C@H]1CN(c2c(F)cc3c(=O)c(C(=O)O)cn(C4CC4)c3c2OC(F)F)CC12CC2. The molecule has 0 amide bonds. The van der Waals surface area contributed by atoms with Crippen molar-refractivity contribution in [3.8, 4) is 5.75 Å². The Balaban J connectivity index is 1.80. The second-order valence-electron chi connectivity index (χ2n) is 8.48. The number of nitrogens with zero attached hydrogens (tertiary/aromatic N) is 2. The van der Waals surface area contributed by atoms with Crippen LogP contribution in [0.1, 0.15) is 42.1 Å². The summed E-state index contributed by atoms with van der Waals surface area (Å²) in [6.07, 6.45) is 4.30. The summed E-state index contributed by atoms with van der Waals surface area (Å²) >= 11 is 0. The van der Waals surface area contributed by atoms with Gasteiger partial charge in [-0.15, -0.1) is 0 Å². The van der Waals surface area contributed by atoms with Gasteiger partial charge in [-0.3, -0.25) is 4.79 Å². The fraction of sp³-hybridized carbons (Fsp3) is 0.500. The van der Waals surface area contributed by atoms with Gasteiger partial charge in [-0.1, -0.05) is 0 Å². The number of nitrogens with two attached hydrogens (primary N) is 1. The van der Waals surface area contributed by atoms with Crippen LogP contribution in [0.25, 0.3) is 10.9 Å². The van der Waals surface area contributed by atoms with Crippen molar-refractivity contribution in [1.29, 1.82) is 0 Å². The van der Waals surface area contributed by atoms with Gasteiger partial charge >= 0.3 is 12.6 Å². The van der Waals surface area contributed by atoms with Gasteiger partial charge in [0, 0.05) is 36.8 Å². The van der Waals surface area contributed by atoms with E-state index in [4.69, 9.17) is 10.5 Å². The van der Waals surface area contributed by atoms with E-state index in [9.17, 15) is 23.5 Å². The Morgan fingerprint density at radius 1 is 1.33 bits per heavy atom. The molecular weight excluding hydrogens is 403 g/mol. The van der Waals surface area contributed by atoms with Crippen LogP contribution in [0.5, 0.6) is 5.75 Å². The third kappa shape index (κ3) is 2.84. The highest BCUT2D eigenvalue weighted by Crippen LogP contribution is 2.54. The fourth-order valence-electron chi connectivity index (χ4n) is 4.58. The molecule has 2 heterocycles. The van der Waals surface area contributed by atoms with Crippen molar-refractivity contribution in [3.63, 3.8) is 0 Å². The Labute approximate surface area is 168 Å². The number of rotatable bonds is 5. The van der Waals surface area contributed by atoms with Crippen LogP contribution in [-0.4, -0.2) is 41.4 Å². The van der Waals surface area contributed by atoms with E-state index in [0.717, 1.165) is 25.1 Å². The number of carboxylic acids is 1. The number of alkyl halides is 2. The predicted octanol–water partition coefficient (Wildman–Crippen LogP) is 2.70. The molecule has 2 aliphatic carbocycles. The topological polar surface area (TPSA) is 97.8 Å². The molecule has 3 aliphatic rings. The third-order valence-corrected chi connectivity index (χ3v) is 6.49. The number of aromatic nitrogens is 1. The van der Waals surface area contributed by atoms with Crippen LogP contribution in [0.3, 0.4) is 0 Å². The van der Waals surface area contributed by atoms with E-state index in [0.29, 0.717) is 19.4 Å². The number of anilines is 1. The number of aromatic carboxylic acids is 1. The minimum Gasteiger partial charge on any atom is -0.477 e. The minimum absolute atomic E-state index is 0.00508. The van der Waals surface area contributed by atoms with Crippen LogP contribution in [0.4, 0.5) is 18.9 Å². The van der Waals surface area contributed by atoms with Gasteiger partial charge in [0.15, 0.2) is 11.6 Å². The van der Waals surface area contributed by atoms with Crippen molar-refractivity contribution in [3.05, 3.63) is 33.9 Å². The summed E-state index contributed by atoms with van der Waals surface area (Å²) in [5.74, 6) is -2.81. The molecule has 1 aromatic heterocycles. The van der Waals surface area contributed by atoms with E-state index in [-0.39, 0.29) is 40.6 Å². The molecule has 1 aliphatic heterocycles. The van der Waals surface area contributed by atoms with Gasteiger partial charge in [0.1, 0.15) is 11.3 Å². The molecule has 1 saturated heterocycles. The second kappa shape index (κ2) is 6.37. The van der Waals surface area contributed by atoms with Gasteiger partial charge in [-0.2, -0.15) is 8.78 Å². The molecule has 5 rings (SSSR count). The normalized spacial score (nSPS) is 22.3. The highest BCUT2D eigenvalue weighted by molar-refractivity contribution is 5.97. The van der Waals surface area contributed by atoms with Gasteiger partial charge in [0.05, 0.1) is 10.9 Å². The molecule has 7 nitrogen and oxygen atoms in total. The van der Waals surface area contributed by atoms with Crippen LogP contribution in [0, 0.1) is 11.2 Å². The van der Waals surface area contributed by atoms with Crippen molar-refractivity contribution in [2.24, 2.45) is 11.1 Å². The lowest BCUT2D eigenvalue weighted by atomic mass is 10.0. The van der Waals surface area contributed by atoms with Gasteiger partial charge < -0.3 is 25.0 Å². The summed E-state index contributed by atoms with van der Waals surface area (Å²) in [6.45, 7) is -2.55. The second-order valence-corrected chi connectivity index (χ2v) is 8.48. The molecule has 10 heteroatoms. The maximum atomic E-state index is 15.2. The molecule has 2 saturated carbocycles. The zero-order valence-corrected chi connectivity index (χ0v) is 15.9. The molecule has 160 valence electrons. The molecule has 3 fully saturated rings. The number of carboxylic acid groups (broad SMARTS) is 1. The number of halogens is 3. The first kappa shape index (κ1) is 19.2. The first-order valence-corrected chi connectivity index (χ1v) is 9.82. The Kier molecular flexibility index (Phi) is 4.08. The molecule has 0 radical (unpaired) electrons. The summed E-state index contributed by atoms with van der Waals surface area (Å²) in [6, 6.07) is 0.548. The van der Waals surface area contributed by atoms with Gasteiger partial charge in [0.2, 0.25) is 5.43 Å².